The van der Waals surface area contributed by atoms with Crippen molar-refractivity contribution in [2.24, 2.45) is 0 Å². The first kappa shape index (κ1) is 15.6. The average Bonchev–Trinajstić information content (AvgIpc) is 3.03. The summed E-state index contributed by atoms with van der Waals surface area (Å²) in [5.41, 5.74) is 6.20. The lowest BCUT2D eigenvalue weighted by molar-refractivity contribution is 0.0997. The number of hydrogen-bond donors (Lipinski definition) is 0. The number of rotatable bonds is 1. The molecule has 1 aliphatic heterocycles. The van der Waals surface area contributed by atoms with E-state index in [1.807, 2.05) is 17.5 Å². The molecular weight excluding hydrogens is 318 g/mol. The van der Waals surface area contributed by atoms with Crippen molar-refractivity contribution < 1.29 is 9.53 Å². The van der Waals surface area contributed by atoms with Gasteiger partial charge in [0.1, 0.15) is 5.75 Å². The third-order valence-corrected chi connectivity index (χ3v) is 6.02. The standard InChI is InChI=1S/C20H21NO2S/c1-21-8-5-13(6-9-21)19-16-4-3-15(23-2)11-14(16)12-18(22)20-17(19)7-10-24-20/h3-4,7,10-11H,5-6,8-9,12H2,1-2H3. The minimum atomic E-state index is 0.220. The quantitative estimate of drug-likeness (QED) is 0.786. The Balaban J connectivity index is 1.94. The molecule has 0 spiro atoms. The number of Topliss-reactive ketones (excluding diaryl/α,β-unsaturated/α-hetero) is 1. The van der Waals surface area contributed by atoms with Crippen LogP contribution in [-0.2, 0) is 6.42 Å². The molecule has 0 bridgehead atoms. The number of piperidine rings is 1. The highest BCUT2D eigenvalue weighted by Crippen LogP contribution is 2.41. The van der Waals surface area contributed by atoms with Gasteiger partial charge in [0.15, 0.2) is 5.78 Å². The number of ether oxygens (including phenoxy) is 1. The normalized spacial score (nSPS) is 18.2. The van der Waals surface area contributed by atoms with Crippen LogP contribution in [-0.4, -0.2) is 37.9 Å². The minimum absolute atomic E-state index is 0.220. The molecule has 0 unspecified atom stereocenters. The zero-order valence-electron chi connectivity index (χ0n) is 14.1. The summed E-state index contributed by atoms with van der Waals surface area (Å²) < 4.78 is 5.38. The van der Waals surface area contributed by atoms with Crippen LogP contribution in [0.15, 0.2) is 35.2 Å². The first-order valence-corrected chi connectivity index (χ1v) is 9.24. The maximum absolute atomic E-state index is 12.7. The van der Waals surface area contributed by atoms with E-state index in [1.54, 1.807) is 18.4 Å². The van der Waals surface area contributed by atoms with Crippen molar-refractivity contribution in [2.45, 2.75) is 19.3 Å². The topological polar surface area (TPSA) is 29.5 Å². The summed E-state index contributed by atoms with van der Waals surface area (Å²) in [6, 6.07) is 8.29. The number of thiophene rings is 1. The highest BCUT2D eigenvalue weighted by atomic mass is 32.1. The van der Waals surface area contributed by atoms with Gasteiger partial charge >= 0.3 is 0 Å². The van der Waals surface area contributed by atoms with E-state index < -0.39 is 0 Å². The number of likely N-dealkylation sites (tertiary alicyclic amines) is 1. The molecule has 3 nitrogen and oxygen atoms in total. The number of hydrogen-bond acceptors (Lipinski definition) is 4. The van der Waals surface area contributed by atoms with Crippen LogP contribution in [0.25, 0.3) is 5.57 Å². The third-order valence-electron chi connectivity index (χ3n) is 5.06. The van der Waals surface area contributed by atoms with E-state index in [4.69, 9.17) is 4.74 Å². The zero-order valence-corrected chi connectivity index (χ0v) is 14.9. The maximum atomic E-state index is 12.7. The molecule has 0 saturated carbocycles. The monoisotopic (exact) mass is 339 g/mol. The maximum Gasteiger partial charge on any atom is 0.177 e. The predicted octanol–water partition coefficient (Wildman–Crippen LogP) is 4.02. The molecule has 2 aromatic rings. The Labute approximate surface area is 146 Å². The summed E-state index contributed by atoms with van der Waals surface area (Å²) in [6.07, 6.45) is 2.60. The predicted molar refractivity (Wildman–Crippen MR) is 98.1 cm³/mol. The van der Waals surface area contributed by atoms with Crippen molar-refractivity contribution in [1.29, 1.82) is 0 Å². The fourth-order valence-electron chi connectivity index (χ4n) is 3.73. The van der Waals surface area contributed by atoms with E-state index in [0.29, 0.717) is 6.42 Å². The second kappa shape index (κ2) is 6.19. The summed E-state index contributed by atoms with van der Waals surface area (Å²) in [5, 5.41) is 2.05. The van der Waals surface area contributed by atoms with Crippen LogP contribution >= 0.6 is 11.3 Å². The van der Waals surface area contributed by atoms with E-state index in [9.17, 15) is 4.79 Å². The molecule has 0 N–H and O–H groups in total. The molecular formula is C20H21NO2S. The van der Waals surface area contributed by atoms with E-state index in [0.717, 1.165) is 47.7 Å². The van der Waals surface area contributed by atoms with Gasteiger partial charge in [-0.25, -0.2) is 0 Å². The highest BCUT2D eigenvalue weighted by molar-refractivity contribution is 7.12. The van der Waals surface area contributed by atoms with Crippen LogP contribution in [0.2, 0.25) is 0 Å². The molecule has 1 fully saturated rings. The van der Waals surface area contributed by atoms with Gasteiger partial charge in [-0.3, -0.25) is 4.79 Å². The van der Waals surface area contributed by atoms with Crippen molar-refractivity contribution in [2.75, 3.05) is 27.2 Å². The minimum Gasteiger partial charge on any atom is -0.497 e. The number of methoxy groups -OCH3 is 1. The Morgan fingerprint density at radius 3 is 2.67 bits per heavy atom. The van der Waals surface area contributed by atoms with Gasteiger partial charge in [0.05, 0.1) is 12.0 Å². The Bertz CT molecular complexity index is 824. The molecule has 4 rings (SSSR count). The number of carbonyl (C=O) groups excluding carboxylic acids is 1. The summed E-state index contributed by atoms with van der Waals surface area (Å²) in [5.74, 6) is 1.04. The molecule has 1 saturated heterocycles. The third kappa shape index (κ3) is 2.60. The van der Waals surface area contributed by atoms with E-state index in [-0.39, 0.29) is 5.78 Å². The van der Waals surface area contributed by atoms with Gasteiger partial charge in [-0.05, 0) is 60.2 Å². The number of ketones is 1. The number of carbonyl (C=O) groups is 1. The lowest BCUT2D eigenvalue weighted by Crippen LogP contribution is -2.27. The lowest BCUT2D eigenvalue weighted by atomic mass is 9.87. The van der Waals surface area contributed by atoms with Gasteiger partial charge in [0.25, 0.3) is 0 Å². The van der Waals surface area contributed by atoms with Crippen molar-refractivity contribution in [1.82, 2.24) is 4.90 Å². The first-order valence-electron chi connectivity index (χ1n) is 8.36. The molecule has 2 heterocycles. The SMILES string of the molecule is COc1ccc2c(c1)CC(=O)c1sccc1C2=C1CCN(C)CC1. The fraction of sp³-hybridized carbons (Fsp3) is 0.350. The molecule has 1 aromatic heterocycles. The molecule has 0 radical (unpaired) electrons. The van der Waals surface area contributed by atoms with Gasteiger partial charge in [-0.1, -0.05) is 11.6 Å². The first-order chi connectivity index (χ1) is 11.7. The Kier molecular flexibility index (Phi) is 4.02. The Hall–Kier alpha value is -1.91. The number of benzene rings is 1. The summed E-state index contributed by atoms with van der Waals surface area (Å²) in [6.45, 7) is 2.16. The molecule has 0 atom stereocenters. The molecule has 1 aromatic carbocycles. The smallest absolute Gasteiger partial charge is 0.177 e. The number of fused-ring (bicyclic) bond motifs is 2. The average molecular weight is 339 g/mol. The molecule has 124 valence electrons. The lowest BCUT2D eigenvalue weighted by Gasteiger charge is -2.27. The summed E-state index contributed by atoms with van der Waals surface area (Å²) in [4.78, 5) is 16.0. The van der Waals surface area contributed by atoms with Crippen LogP contribution in [0, 0.1) is 0 Å². The largest absolute Gasteiger partial charge is 0.497 e. The van der Waals surface area contributed by atoms with Crippen LogP contribution in [0.4, 0.5) is 0 Å². The van der Waals surface area contributed by atoms with Gasteiger partial charge in [-0.15, -0.1) is 11.3 Å². The summed E-state index contributed by atoms with van der Waals surface area (Å²) in [7, 11) is 3.85. The van der Waals surface area contributed by atoms with Crippen LogP contribution in [0.3, 0.4) is 0 Å². The molecule has 2 aliphatic rings. The van der Waals surface area contributed by atoms with Crippen molar-refractivity contribution in [3.8, 4) is 5.75 Å². The Morgan fingerprint density at radius 1 is 1.12 bits per heavy atom. The zero-order chi connectivity index (χ0) is 16.7. The molecule has 4 heteroatoms. The van der Waals surface area contributed by atoms with Gasteiger partial charge in [0, 0.05) is 25.1 Å². The van der Waals surface area contributed by atoms with E-state index >= 15 is 0 Å². The van der Waals surface area contributed by atoms with Gasteiger partial charge in [0.2, 0.25) is 0 Å². The van der Waals surface area contributed by atoms with Crippen molar-refractivity contribution in [3.05, 3.63) is 56.8 Å². The molecule has 24 heavy (non-hydrogen) atoms. The van der Waals surface area contributed by atoms with Gasteiger partial charge < -0.3 is 9.64 Å². The van der Waals surface area contributed by atoms with Crippen LogP contribution in [0.5, 0.6) is 5.75 Å². The second-order valence-corrected chi connectivity index (χ2v) is 7.48. The van der Waals surface area contributed by atoms with Gasteiger partial charge in [-0.2, -0.15) is 0 Å². The Morgan fingerprint density at radius 2 is 1.92 bits per heavy atom. The van der Waals surface area contributed by atoms with E-state index in [2.05, 4.69) is 24.1 Å². The number of nitrogens with zero attached hydrogens (tertiary/aromatic N) is 1. The van der Waals surface area contributed by atoms with Crippen molar-refractivity contribution in [3.63, 3.8) is 0 Å². The van der Waals surface area contributed by atoms with E-state index in [1.165, 1.54) is 16.7 Å². The van der Waals surface area contributed by atoms with Crippen LogP contribution < -0.4 is 4.74 Å². The highest BCUT2D eigenvalue weighted by Gasteiger charge is 2.27. The van der Waals surface area contributed by atoms with Crippen LogP contribution in [0.1, 0.15) is 39.2 Å². The molecule has 1 aliphatic carbocycles. The fourth-order valence-corrected chi connectivity index (χ4v) is 4.57. The van der Waals surface area contributed by atoms with Crippen molar-refractivity contribution >= 4 is 22.7 Å². The summed E-state index contributed by atoms with van der Waals surface area (Å²) >= 11 is 1.57. The second-order valence-electron chi connectivity index (χ2n) is 6.57. The molecule has 0 amide bonds.